The fourth-order valence-electron chi connectivity index (χ4n) is 1.67. The highest BCUT2D eigenvalue weighted by atomic mass is 32.2. The van der Waals surface area contributed by atoms with E-state index >= 15 is 0 Å². The Kier molecular flexibility index (Phi) is 4.56. The second-order valence-electron chi connectivity index (χ2n) is 3.73. The highest BCUT2D eigenvalue weighted by Gasteiger charge is 2.12. The number of benzene rings is 1. The minimum absolute atomic E-state index is 0.0268. The molecule has 0 fully saturated rings. The monoisotopic (exact) mass is 299 g/mol. The topological polar surface area (TPSA) is 95.2 Å². The highest BCUT2D eigenvalue weighted by molar-refractivity contribution is 7.99. The molecule has 0 radical (unpaired) electrons. The number of nitrogens with zero attached hydrogens (tertiary/aromatic N) is 2. The van der Waals surface area contributed by atoms with Gasteiger partial charge in [0.15, 0.2) is 5.16 Å². The lowest BCUT2D eigenvalue weighted by atomic mass is 10.3. The van der Waals surface area contributed by atoms with Crippen LogP contribution in [0.15, 0.2) is 29.4 Å². The molecule has 1 unspecified atom stereocenters. The Bertz CT molecular complexity index is 626. The van der Waals surface area contributed by atoms with Crippen molar-refractivity contribution < 1.29 is 18.7 Å². The number of imidazole rings is 1. The Hall–Kier alpha value is -1.38. The van der Waals surface area contributed by atoms with E-state index in [0.29, 0.717) is 5.16 Å². The zero-order valence-corrected chi connectivity index (χ0v) is 11.4. The van der Waals surface area contributed by atoms with Gasteiger partial charge in [-0.15, -0.1) is 0 Å². The van der Waals surface area contributed by atoms with Crippen LogP contribution in [0, 0.1) is 0 Å². The summed E-state index contributed by atoms with van der Waals surface area (Å²) in [6.45, 7) is 0.262. The van der Waals surface area contributed by atoms with Crippen LogP contribution in [-0.2, 0) is 22.4 Å². The molecular formula is C11H11N2O4S2-. The Morgan fingerprint density at radius 2 is 2.21 bits per heavy atom. The van der Waals surface area contributed by atoms with Gasteiger partial charge >= 0.3 is 5.97 Å². The van der Waals surface area contributed by atoms with E-state index in [1.54, 1.807) is 4.57 Å². The molecule has 1 N–H and O–H groups in total. The number of carboxylic acids is 1. The van der Waals surface area contributed by atoms with E-state index in [0.717, 1.165) is 22.8 Å². The zero-order chi connectivity index (χ0) is 13.8. The third-order valence-electron chi connectivity index (χ3n) is 2.43. The third-order valence-corrected chi connectivity index (χ3v) is 3.90. The van der Waals surface area contributed by atoms with Crippen LogP contribution in [0.25, 0.3) is 11.0 Å². The maximum Gasteiger partial charge on any atom is 0.313 e. The average Bonchev–Trinajstić information content (AvgIpc) is 2.71. The molecule has 1 aromatic carbocycles. The number of hydrogen-bond donors (Lipinski definition) is 1. The maximum atomic E-state index is 10.7. The molecule has 2 rings (SSSR count). The van der Waals surface area contributed by atoms with Gasteiger partial charge in [-0.25, -0.2) is 4.98 Å². The van der Waals surface area contributed by atoms with Crippen LogP contribution < -0.4 is 0 Å². The molecule has 0 bridgehead atoms. The predicted octanol–water partition coefficient (Wildman–Crippen LogP) is 1.09. The van der Waals surface area contributed by atoms with Crippen LogP contribution in [-0.4, -0.2) is 40.9 Å². The molecule has 19 heavy (non-hydrogen) atoms. The number of aryl methyl sites for hydroxylation is 1. The predicted molar refractivity (Wildman–Crippen MR) is 71.9 cm³/mol. The van der Waals surface area contributed by atoms with Gasteiger partial charge in [-0.3, -0.25) is 9.00 Å². The fourth-order valence-corrected chi connectivity index (χ4v) is 2.76. The summed E-state index contributed by atoms with van der Waals surface area (Å²) in [5.41, 5.74) is 1.54. The first kappa shape index (κ1) is 14.0. The largest absolute Gasteiger partial charge is 0.772 e. The number of carbonyl (C=O) groups is 1. The van der Waals surface area contributed by atoms with Crippen LogP contribution in [0.5, 0.6) is 0 Å². The van der Waals surface area contributed by atoms with Gasteiger partial charge in [0.05, 0.1) is 16.8 Å². The number of thioether (sulfide) groups is 1. The van der Waals surface area contributed by atoms with Crippen LogP contribution in [0.3, 0.4) is 0 Å². The summed E-state index contributed by atoms with van der Waals surface area (Å²) < 4.78 is 23.1. The first-order valence-corrected chi connectivity index (χ1v) is 7.66. The minimum Gasteiger partial charge on any atom is -0.772 e. The Balaban J connectivity index is 2.33. The molecule has 102 valence electrons. The number of hydrogen-bond acceptors (Lipinski definition) is 5. The summed E-state index contributed by atoms with van der Waals surface area (Å²) in [5, 5.41) is 9.22. The van der Waals surface area contributed by atoms with Gasteiger partial charge < -0.3 is 14.2 Å². The van der Waals surface area contributed by atoms with Gasteiger partial charge in [0.25, 0.3) is 0 Å². The molecule has 0 saturated carbocycles. The van der Waals surface area contributed by atoms with Gasteiger partial charge in [0.1, 0.15) is 0 Å². The lowest BCUT2D eigenvalue weighted by Crippen LogP contribution is -2.09. The number of para-hydroxylation sites is 2. The van der Waals surface area contributed by atoms with E-state index in [1.165, 1.54) is 0 Å². The molecule has 0 aliphatic carbocycles. The standard InChI is InChI=1S/C11H12N2O4S2/c14-10(15)7-18-11-12-8-3-1-2-4-9(8)13(11)5-6-19(16)17/h1-4H,5-7H2,(H,14,15)(H,16,17)/p-1. The molecule has 2 aromatic rings. The molecular weight excluding hydrogens is 288 g/mol. The van der Waals surface area contributed by atoms with Crippen LogP contribution >= 0.6 is 11.8 Å². The highest BCUT2D eigenvalue weighted by Crippen LogP contribution is 2.23. The lowest BCUT2D eigenvalue weighted by Gasteiger charge is -2.09. The summed E-state index contributed by atoms with van der Waals surface area (Å²) in [5.74, 6) is -1.07. The van der Waals surface area contributed by atoms with E-state index in [2.05, 4.69) is 4.98 Å². The Morgan fingerprint density at radius 1 is 1.47 bits per heavy atom. The summed E-state index contributed by atoms with van der Waals surface area (Å²) >= 11 is -1.05. The van der Waals surface area contributed by atoms with Crippen molar-refractivity contribution in [3.63, 3.8) is 0 Å². The van der Waals surface area contributed by atoms with E-state index in [9.17, 15) is 13.6 Å². The molecule has 8 heteroatoms. The maximum absolute atomic E-state index is 10.7. The first-order valence-electron chi connectivity index (χ1n) is 5.43. The number of aromatic nitrogens is 2. The molecule has 0 saturated heterocycles. The van der Waals surface area contributed by atoms with Crippen molar-refractivity contribution in [1.82, 2.24) is 9.55 Å². The van der Waals surface area contributed by atoms with Crippen molar-refractivity contribution in [2.45, 2.75) is 11.7 Å². The normalized spacial score (nSPS) is 12.7. The van der Waals surface area contributed by atoms with Crippen LogP contribution in [0.1, 0.15) is 0 Å². The lowest BCUT2D eigenvalue weighted by molar-refractivity contribution is -0.133. The van der Waals surface area contributed by atoms with Gasteiger partial charge in [-0.1, -0.05) is 35.0 Å². The summed E-state index contributed by atoms with van der Waals surface area (Å²) in [4.78, 5) is 14.9. The second kappa shape index (κ2) is 6.18. The molecule has 0 amide bonds. The molecule has 1 atom stereocenters. The van der Waals surface area contributed by atoms with Gasteiger partial charge in [0.2, 0.25) is 0 Å². The summed E-state index contributed by atoms with van der Waals surface area (Å²) in [6, 6.07) is 7.31. The number of carboxylic acid groups (broad SMARTS) is 1. The van der Waals surface area contributed by atoms with Gasteiger partial charge in [-0.2, -0.15) is 0 Å². The molecule has 6 nitrogen and oxygen atoms in total. The first-order chi connectivity index (χ1) is 9.08. The van der Waals surface area contributed by atoms with Crippen molar-refractivity contribution >= 4 is 39.8 Å². The third kappa shape index (κ3) is 3.55. The fraction of sp³-hybridized carbons (Fsp3) is 0.273. The molecule has 1 aromatic heterocycles. The van der Waals surface area contributed by atoms with Crippen molar-refractivity contribution in [3.05, 3.63) is 24.3 Å². The second-order valence-corrected chi connectivity index (χ2v) is 5.68. The van der Waals surface area contributed by atoms with E-state index in [1.807, 2.05) is 24.3 Å². The number of rotatable bonds is 6. The minimum atomic E-state index is -2.14. The van der Waals surface area contributed by atoms with E-state index in [-0.39, 0.29) is 18.1 Å². The molecule has 1 heterocycles. The van der Waals surface area contributed by atoms with Crippen molar-refractivity contribution in [2.75, 3.05) is 11.5 Å². The molecule has 0 aliphatic rings. The van der Waals surface area contributed by atoms with Crippen molar-refractivity contribution in [1.29, 1.82) is 0 Å². The van der Waals surface area contributed by atoms with Gasteiger partial charge in [0, 0.05) is 12.3 Å². The smallest absolute Gasteiger partial charge is 0.313 e. The van der Waals surface area contributed by atoms with E-state index in [4.69, 9.17) is 5.11 Å². The van der Waals surface area contributed by atoms with Gasteiger partial charge in [-0.05, 0) is 12.1 Å². The SMILES string of the molecule is O=C(O)CSc1nc2ccccc2n1CCS(=O)[O-]. The number of aliphatic carboxylic acids is 1. The average molecular weight is 299 g/mol. The summed E-state index contributed by atoms with van der Waals surface area (Å²) in [7, 11) is 0. The quantitative estimate of drug-likeness (QED) is 0.633. The zero-order valence-electron chi connectivity index (χ0n) is 9.81. The Labute approximate surface area is 116 Å². The molecule has 0 spiro atoms. The number of fused-ring (bicyclic) bond motifs is 1. The van der Waals surface area contributed by atoms with Crippen molar-refractivity contribution in [2.24, 2.45) is 0 Å². The van der Waals surface area contributed by atoms with Crippen molar-refractivity contribution in [3.8, 4) is 0 Å². The summed E-state index contributed by atoms with van der Waals surface area (Å²) in [6.07, 6.45) is 0. The van der Waals surface area contributed by atoms with E-state index < -0.39 is 17.0 Å². The molecule has 0 aliphatic heterocycles. The van der Waals surface area contributed by atoms with Crippen LogP contribution in [0.4, 0.5) is 0 Å². The van der Waals surface area contributed by atoms with Crippen LogP contribution in [0.2, 0.25) is 0 Å². The Morgan fingerprint density at radius 3 is 2.89 bits per heavy atom.